The quantitative estimate of drug-likeness (QED) is 0.527. The highest BCUT2D eigenvalue weighted by atomic mass is 19.1. The molecule has 0 spiro atoms. The summed E-state index contributed by atoms with van der Waals surface area (Å²) in [6.07, 6.45) is 16.0. The zero-order chi connectivity index (χ0) is 18.6. The Labute approximate surface area is 163 Å². The van der Waals surface area contributed by atoms with E-state index in [9.17, 15) is 4.39 Å². The molecule has 3 aliphatic carbocycles. The average Bonchev–Trinajstić information content (AvgIpc) is 2.71. The second-order valence-corrected chi connectivity index (χ2v) is 9.02. The molecule has 0 amide bonds. The largest absolute Gasteiger partial charge is 0.490 e. The average molecular weight is 369 g/mol. The first-order valence-electron chi connectivity index (χ1n) is 10.9. The van der Waals surface area contributed by atoms with Crippen LogP contribution in [0.2, 0.25) is 0 Å². The van der Waals surface area contributed by atoms with E-state index in [1.54, 1.807) is 12.2 Å². The van der Waals surface area contributed by atoms with Crippen molar-refractivity contribution >= 4 is 0 Å². The number of ether oxygens (including phenoxy) is 1. The van der Waals surface area contributed by atoms with Crippen LogP contribution in [0.4, 0.5) is 4.39 Å². The predicted octanol–water partition coefficient (Wildman–Crippen LogP) is 6.67. The summed E-state index contributed by atoms with van der Waals surface area (Å²) in [5.41, 5.74) is 3.02. The van der Waals surface area contributed by atoms with E-state index in [4.69, 9.17) is 4.74 Å². The highest BCUT2D eigenvalue weighted by Gasteiger charge is 2.38. The fraction of sp³-hybridized carbons (Fsp3) is 0.600. The number of hydrogen-bond acceptors (Lipinski definition) is 1. The molecule has 4 rings (SSSR count). The Morgan fingerprint density at radius 1 is 0.963 bits per heavy atom. The second-order valence-electron chi connectivity index (χ2n) is 9.02. The summed E-state index contributed by atoms with van der Waals surface area (Å²) in [6, 6.07) is 6.66. The predicted molar refractivity (Wildman–Crippen MR) is 110 cm³/mol. The summed E-state index contributed by atoms with van der Waals surface area (Å²) in [5.74, 6) is 4.95. The summed E-state index contributed by atoms with van der Waals surface area (Å²) >= 11 is 0. The lowest BCUT2D eigenvalue weighted by Gasteiger charge is -2.44. The van der Waals surface area contributed by atoms with Crippen molar-refractivity contribution in [2.45, 2.75) is 57.8 Å². The van der Waals surface area contributed by atoms with Crippen LogP contribution in [-0.4, -0.2) is 6.61 Å². The molecule has 1 aromatic rings. The van der Waals surface area contributed by atoms with Gasteiger partial charge in [-0.05, 0) is 111 Å². The van der Waals surface area contributed by atoms with Gasteiger partial charge in [-0.1, -0.05) is 24.8 Å². The van der Waals surface area contributed by atoms with E-state index in [1.165, 1.54) is 68.9 Å². The van der Waals surface area contributed by atoms with E-state index in [2.05, 4.69) is 24.8 Å². The van der Waals surface area contributed by atoms with Crippen LogP contribution in [0.15, 0.2) is 43.3 Å². The molecule has 0 aliphatic heterocycles. The molecule has 0 saturated heterocycles. The Morgan fingerprint density at radius 3 is 2.56 bits per heavy atom. The SMILES string of the molecule is C=CCOc1ccc2c(c1)CCC(C1CCC3C[C@H](C=CF)CC[C@@H]3C1)C2. The fourth-order valence-corrected chi connectivity index (χ4v) is 6.07. The van der Waals surface area contributed by atoms with Gasteiger partial charge < -0.3 is 4.74 Å². The normalized spacial score (nSPS) is 33.3. The molecule has 2 heteroatoms. The molecule has 0 bridgehead atoms. The minimum absolute atomic E-state index is 0.492. The smallest absolute Gasteiger partial charge is 0.120 e. The lowest BCUT2D eigenvalue weighted by atomic mass is 9.61. The molecular weight excluding hydrogens is 335 g/mol. The van der Waals surface area contributed by atoms with E-state index in [0.29, 0.717) is 12.5 Å². The van der Waals surface area contributed by atoms with Crippen molar-refractivity contribution in [3.63, 3.8) is 0 Å². The number of benzene rings is 1. The van der Waals surface area contributed by atoms with Crippen molar-refractivity contribution in [1.29, 1.82) is 0 Å². The van der Waals surface area contributed by atoms with Gasteiger partial charge in [-0.25, -0.2) is 4.39 Å². The molecule has 0 aromatic heterocycles. The van der Waals surface area contributed by atoms with Crippen molar-refractivity contribution in [2.75, 3.05) is 6.61 Å². The number of aryl methyl sites for hydroxylation is 1. The van der Waals surface area contributed by atoms with Crippen LogP contribution in [0.3, 0.4) is 0 Å². The standard InChI is InChI=1S/C25H33FO/c1-2-13-27-25-10-9-23-16-22(7-8-24(23)17-25)21-6-5-19-14-18(11-12-26)3-4-20(19)15-21/h2,9-12,17-22H,1,3-8,13-16H2/t18-,19?,20+,21?,22?/m0/s1. The summed E-state index contributed by atoms with van der Waals surface area (Å²) in [6.45, 7) is 4.30. The van der Waals surface area contributed by atoms with Gasteiger partial charge in [-0.3, -0.25) is 0 Å². The maximum Gasteiger partial charge on any atom is 0.120 e. The van der Waals surface area contributed by atoms with E-state index in [-0.39, 0.29) is 0 Å². The molecule has 0 radical (unpaired) electrons. The topological polar surface area (TPSA) is 9.23 Å². The minimum atomic E-state index is 0.492. The van der Waals surface area contributed by atoms with Crippen molar-refractivity contribution in [2.24, 2.45) is 29.6 Å². The molecule has 27 heavy (non-hydrogen) atoms. The summed E-state index contributed by atoms with van der Waals surface area (Å²) in [5, 5.41) is 0. The van der Waals surface area contributed by atoms with E-state index in [0.717, 1.165) is 35.8 Å². The van der Waals surface area contributed by atoms with Gasteiger partial charge in [0.05, 0.1) is 6.33 Å². The second kappa shape index (κ2) is 8.63. The van der Waals surface area contributed by atoms with Crippen LogP contribution >= 0.6 is 0 Å². The van der Waals surface area contributed by atoms with Gasteiger partial charge >= 0.3 is 0 Å². The first-order chi connectivity index (χ1) is 13.3. The van der Waals surface area contributed by atoms with Crippen LogP contribution in [0.25, 0.3) is 0 Å². The molecule has 0 heterocycles. The van der Waals surface area contributed by atoms with Crippen molar-refractivity contribution in [1.82, 2.24) is 0 Å². The molecule has 0 N–H and O–H groups in total. The monoisotopic (exact) mass is 368 g/mol. The number of allylic oxidation sites excluding steroid dienone is 1. The molecule has 146 valence electrons. The highest BCUT2D eigenvalue weighted by Crippen LogP contribution is 2.48. The van der Waals surface area contributed by atoms with Gasteiger partial charge in [0.15, 0.2) is 0 Å². The maximum atomic E-state index is 12.5. The summed E-state index contributed by atoms with van der Waals surface area (Å²) in [4.78, 5) is 0. The third-order valence-corrected chi connectivity index (χ3v) is 7.52. The van der Waals surface area contributed by atoms with E-state index < -0.39 is 0 Å². The third kappa shape index (κ3) is 4.31. The van der Waals surface area contributed by atoms with Crippen molar-refractivity contribution in [3.05, 3.63) is 54.4 Å². The number of halogens is 1. The van der Waals surface area contributed by atoms with Crippen molar-refractivity contribution in [3.8, 4) is 5.75 Å². The zero-order valence-electron chi connectivity index (χ0n) is 16.4. The first kappa shape index (κ1) is 18.8. The van der Waals surface area contributed by atoms with Gasteiger partial charge in [0.1, 0.15) is 12.4 Å². The Hall–Kier alpha value is -1.57. The van der Waals surface area contributed by atoms with Crippen molar-refractivity contribution < 1.29 is 9.13 Å². The molecular formula is C25H33FO. The number of rotatable bonds is 5. The van der Waals surface area contributed by atoms with Gasteiger partial charge in [0.25, 0.3) is 0 Å². The van der Waals surface area contributed by atoms with Gasteiger partial charge in [-0.15, -0.1) is 0 Å². The first-order valence-corrected chi connectivity index (χ1v) is 10.9. The van der Waals surface area contributed by atoms with E-state index in [1.807, 2.05) is 0 Å². The molecule has 3 aliphatic rings. The van der Waals surface area contributed by atoms with Crippen LogP contribution in [-0.2, 0) is 12.8 Å². The maximum absolute atomic E-state index is 12.5. The fourth-order valence-electron chi connectivity index (χ4n) is 6.07. The number of hydrogen-bond donors (Lipinski definition) is 0. The lowest BCUT2D eigenvalue weighted by Crippen LogP contribution is -2.34. The molecule has 2 saturated carbocycles. The summed E-state index contributed by atoms with van der Waals surface area (Å²) in [7, 11) is 0. The third-order valence-electron chi connectivity index (χ3n) is 7.52. The van der Waals surface area contributed by atoms with Crippen LogP contribution < -0.4 is 4.74 Å². The van der Waals surface area contributed by atoms with Gasteiger partial charge in [-0.2, -0.15) is 0 Å². The highest BCUT2D eigenvalue weighted by molar-refractivity contribution is 5.37. The van der Waals surface area contributed by atoms with Gasteiger partial charge in [0, 0.05) is 0 Å². The summed E-state index contributed by atoms with van der Waals surface area (Å²) < 4.78 is 18.2. The zero-order valence-corrected chi connectivity index (χ0v) is 16.4. The van der Waals surface area contributed by atoms with Crippen LogP contribution in [0.1, 0.15) is 56.1 Å². The Morgan fingerprint density at radius 2 is 1.74 bits per heavy atom. The molecule has 5 atom stereocenters. The minimum Gasteiger partial charge on any atom is -0.490 e. The van der Waals surface area contributed by atoms with Crippen LogP contribution in [0.5, 0.6) is 5.75 Å². The molecule has 1 nitrogen and oxygen atoms in total. The number of fused-ring (bicyclic) bond motifs is 2. The Kier molecular flexibility index (Phi) is 6.00. The molecule has 3 unspecified atom stereocenters. The van der Waals surface area contributed by atoms with E-state index >= 15 is 0 Å². The molecule has 1 aromatic carbocycles. The Balaban J connectivity index is 1.35. The Bertz CT molecular complexity index is 679. The molecule has 2 fully saturated rings. The van der Waals surface area contributed by atoms with Crippen LogP contribution in [0, 0.1) is 29.6 Å². The lowest BCUT2D eigenvalue weighted by molar-refractivity contribution is 0.0809. The van der Waals surface area contributed by atoms with Gasteiger partial charge in [0.2, 0.25) is 0 Å².